The second kappa shape index (κ2) is 3.48. The van der Waals surface area contributed by atoms with Crippen molar-refractivity contribution in [2.75, 3.05) is 0 Å². The Hall–Kier alpha value is 0.140. The van der Waals surface area contributed by atoms with Crippen molar-refractivity contribution in [3.8, 4) is 0 Å². The lowest BCUT2D eigenvalue weighted by molar-refractivity contribution is 0.658. The summed E-state index contributed by atoms with van der Waals surface area (Å²) in [7, 11) is 0. The van der Waals surface area contributed by atoms with Gasteiger partial charge in [-0.2, -0.15) is 0 Å². The molecule has 2 rings (SSSR count). The molecule has 1 aromatic rings. The van der Waals surface area contributed by atoms with Gasteiger partial charge in [-0.3, -0.25) is 0 Å². The van der Waals surface area contributed by atoms with Gasteiger partial charge in [-0.05, 0) is 34.3 Å². The minimum Gasteiger partial charge on any atom is -0.309 e. The molecule has 1 aliphatic rings. The van der Waals surface area contributed by atoms with E-state index in [1.165, 1.54) is 15.8 Å². The van der Waals surface area contributed by atoms with Gasteiger partial charge in [-0.25, -0.2) is 0 Å². The monoisotopic (exact) mass is 245 g/mol. The number of rotatable bonds is 3. The predicted octanol–water partition coefficient (Wildman–Crippen LogP) is 3.01. The fourth-order valence-corrected chi connectivity index (χ4v) is 2.69. The third kappa shape index (κ3) is 2.09. The third-order valence-electron chi connectivity index (χ3n) is 2.27. The average Bonchev–Trinajstić information content (AvgIpc) is 2.56. The first-order valence-corrected chi connectivity index (χ1v) is 5.89. The molecular formula is C9H12BrNS. The number of thiophene rings is 1. The normalized spacial score (nSPS) is 27.5. The van der Waals surface area contributed by atoms with Crippen molar-refractivity contribution in [1.29, 1.82) is 0 Å². The van der Waals surface area contributed by atoms with Crippen LogP contribution >= 0.6 is 27.3 Å². The first-order chi connectivity index (χ1) is 5.75. The Labute approximate surface area is 85.3 Å². The Kier molecular flexibility index (Phi) is 2.53. The van der Waals surface area contributed by atoms with E-state index in [4.69, 9.17) is 0 Å². The molecule has 0 bridgehead atoms. The molecule has 1 N–H and O–H groups in total. The van der Waals surface area contributed by atoms with Gasteiger partial charge < -0.3 is 5.32 Å². The van der Waals surface area contributed by atoms with Gasteiger partial charge in [0, 0.05) is 27.3 Å². The molecule has 3 heteroatoms. The Morgan fingerprint density at radius 1 is 1.75 bits per heavy atom. The lowest BCUT2D eigenvalue weighted by atomic mass is 10.4. The maximum Gasteiger partial charge on any atom is 0.0302 e. The van der Waals surface area contributed by atoms with Gasteiger partial charge in [0.05, 0.1) is 0 Å². The molecule has 0 aliphatic heterocycles. The number of hydrogen-bond donors (Lipinski definition) is 1. The molecule has 0 spiro atoms. The molecule has 1 saturated carbocycles. The van der Waals surface area contributed by atoms with Gasteiger partial charge in [-0.15, -0.1) is 11.3 Å². The summed E-state index contributed by atoms with van der Waals surface area (Å²) in [5, 5.41) is 5.66. The summed E-state index contributed by atoms with van der Waals surface area (Å²) in [5.41, 5.74) is 0. The van der Waals surface area contributed by atoms with Crippen molar-refractivity contribution < 1.29 is 0 Å². The number of nitrogens with one attached hydrogen (secondary N) is 1. The summed E-state index contributed by atoms with van der Waals surface area (Å²) >= 11 is 5.26. The van der Waals surface area contributed by atoms with Crippen molar-refractivity contribution >= 4 is 27.3 Å². The minimum absolute atomic E-state index is 0.783. The second-order valence-electron chi connectivity index (χ2n) is 3.43. The standard InChI is InChI=1S/C9H12BrNS/c1-6-2-9(6)11-4-8-3-7(10)5-12-8/h3,5-6,9,11H,2,4H2,1H3. The molecule has 2 unspecified atom stereocenters. The fraction of sp³-hybridized carbons (Fsp3) is 0.556. The van der Waals surface area contributed by atoms with E-state index < -0.39 is 0 Å². The summed E-state index contributed by atoms with van der Waals surface area (Å²) in [6.45, 7) is 3.33. The van der Waals surface area contributed by atoms with Crippen molar-refractivity contribution in [2.45, 2.75) is 25.9 Å². The summed E-state index contributed by atoms with van der Waals surface area (Å²) in [4.78, 5) is 1.42. The van der Waals surface area contributed by atoms with Crippen molar-refractivity contribution in [3.05, 3.63) is 20.8 Å². The van der Waals surface area contributed by atoms with Crippen molar-refractivity contribution in [2.24, 2.45) is 5.92 Å². The molecule has 12 heavy (non-hydrogen) atoms. The van der Waals surface area contributed by atoms with E-state index in [0.717, 1.165) is 18.5 Å². The predicted molar refractivity (Wildman–Crippen MR) is 56.4 cm³/mol. The quantitative estimate of drug-likeness (QED) is 0.864. The van der Waals surface area contributed by atoms with Crippen LogP contribution in [-0.2, 0) is 6.54 Å². The summed E-state index contributed by atoms with van der Waals surface area (Å²) in [5.74, 6) is 0.897. The summed E-state index contributed by atoms with van der Waals surface area (Å²) in [6, 6.07) is 2.97. The van der Waals surface area contributed by atoms with Crippen LogP contribution in [0.5, 0.6) is 0 Å². The van der Waals surface area contributed by atoms with Gasteiger partial charge in [0.1, 0.15) is 0 Å². The van der Waals surface area contributed by atoms with E-state index in [2.05, 4.69) is 39.6 Å². The van der Waals surface area contributed by atoms with Crippen LogP contribution in [-0.4, -0.2) is 6.04 Å². The Morgan fingerprint density at radius 2 is 2.50 bits per heavy atom. The second-order valence-corrected chi connectivity index (χ2v) is 5.34. The number of hydrogen-bond acceptors (Lipinski definition) is 2. The molecule has 1 nitrogen and oxygen atoms in total. The zero-order chi connectivity index (χ0) is 8.55. The molecule has 1 heterocycles. The maximum absolute atomic E-state index is 3.53. The molecule has 0 aromatic carbocycles. The smallest absolute Gasteiger partial charge is 0.0302 e. The lowest BCUT2D eigenvalue weighted by Crippen LogP contribution is -2.16. The highest BCUT2D eigenvalue weighted by Crippen LogP contribution is 2.29. The Balaban J connectivity index is 1.80. The topological polar surface area (TPSA) is 12.0 Å². The highest BCUT2D eigenvalue weighted by Gasteiger charge is 2.31. The molecular weight excluding hydrogens is 234 g/mol. The van der Waals surface area contributed by atoms with Crippen molar-refractivity contribution in [3.63, 3.8) is 0 Å². The molecule has 0 radical (unpaired) electrons. The van der Waals surface area contributed by atoms with Gasteiger partial charge in [0.15, 0.2) is 0 Å². The zero-order valence-electron chi connectivity index (χ0n) is 7.01. The number of halogens is 1. The molecule has 0 saturated heterocycles. The maximum atomic E-state index is 3.53. The van der Waals surface area contributed by atoms with Gasteiger partial charge >= 0.3 is 0 Å². The van der Waals surface area contributed by atoms with Crippen LogP contribution in [0.4, 0.5) is 0 Å². The van der Waals surface area contributed by atoms with Gasteiger partial charge in [-0.1, -0.05) is 6.92 Å². The van der Waals surface area contributed by atoms with E-state index in [-0.39, 0.29) is 0 Å². The van der Waals surface area contributed by atoms with Crippen molar-refractivity contribution in [1.82, 2.24) is 5.32 Å². The first kappa shape index (κ1) is 8.73. The van der Waals surface area contributed by atoms with Crippen LogP contribution in [0.3, 0.4) is 0 Å². The highest BCUT2D eigenvalue weighted by molar-refractivity contribution is 9.10. The van der Waals surface area contributed by atoms with Crippen LogP contribution in [0.15, 0.2) is 15.9 Å². The molecule has 1 fully saturated rings. The Bertz CT molecular complexity index is 271. The summed E-state index contributed by atoms with van der Waals surface area (Å²) in [6.07, 6.45) is 1.35. The third-order valence-corrected chi connectivity index (χ3v) is 3.97. The molecule has 66 valence electrons. The van der Waals surface area contributed by atoms with Crippen LogP contribution in [0, 0.1) is 5.92 Å². The molecule has 2 atom stereocenters. The first-order valence-electron chi connectivity index (χ1n) is 4.22. The SMILES string of the molecule is CC1CC1NCc1cc(Br)cs1. The van der Waals surface area contributed by atoms with Crippen LogP contribution in [0.25, 0.3) is 0 Å². The largest absolute Gasteiger partial charge is 0.309 e. The molecule has 0 amide bonds. The van der Waals surface area contributed by atoms with E-state index in [1.54, 1.807) is 0 Å². The minimum atomic E-state index is 0.783. The van der Waals surface area contributed by atoms with Crippen LogP contribution in [0.2, 0.25) is 0 Å². The highest BCUT2D eigenvalue weighted by atomic mass is 79.9. The Morgan fingerprint density at radius 3 is 3.00 bits per heavy atom. The zero-order valence-corrected chi connectivity index (χ0v) is 9.41. The average molecular weight is 246 g/mol. The van der Waals surface area contributed by atoms with Gasteiger partial charge in [0.25, 0.3) is 0 Å². The van der Waals surface area contributed by atoms with Crippen LogP contribution < -0.4 is 5.32 Å². The lowest BCUT2D eigenvalue weighted by Gasteiger charge is -1.98. The van der Waals surface area contributed by atoms with E-state index in [9.17, 15) is 0 Å². The van der Waals surface area contributed by atoms with Gasteiger partial charge in [0.2, 0.25) is 0 Å². The fourth-order valence-electron chi connectivity index (χ4n) is 1.28. The molecule has 1 aliphatic carbocycles. The summed E-state index contributed by atoms with van der Waals surface area (Å²) < 4.78 is 1.20. The van der Waals surface area contributed by atoms with E-state index in [0.29, 0.717) is 0 Å². The van der Waals surface area contributed by atoms with Crippen LogP contribution in [0.1, 0.15) is 18.2 Å². The van der Waals surface area contributed by atoms with E-state index in [1.807, 2.05) is 11.3 Å². The molecule has 1 aromatic heterocycles. The van der Waals surface area contributed by atoms with E-state index >= 15 is 0 Å².